The molecule has 1 aliphatic rings. The van der Waals surface area contributed by atoms with Crippen molar-refractivity contribution in [3.05, 3.63) is 65.9 Å². The number of hydrogen-bond acceptors (Lipinski definition) is 6. The van der Waals surface area contributed by atoms with E-state index in [2.05, 4.69) is 25.6 Å². The maximum atomic E-state index is 13.8. The van der Waals surface area contributed by atoms with E-state index >= 15 is 0 Å². The lowest BCUT2D eigenvalue weighted by Gasteiger charge is -2.35. The third kappa shape index (κ3) is 4.71. The van der Waals surface area contributed by atoms with Gasteiger partial charge in [-0.3, -0.25) is 0 Å². The molecule has 2 amide bonds. The number of rotatable bonds is 4. The van der Waals surface area contributed by atoms with Crippen LogP contribution in [-0.4, -0.2) is 52.1 Å². The largest absolute Gasteiger partial charge is 0.353 e. The summed E-state index contributed by atoms with van der Waals surface area (Å²) in [6.07, 6.45) is 1.67. The Morgan fingerprint density at radius 1 is 0.969 bits per heavy atom. The highest BCUT2D eigenvalue weighted by Gasteiger charge is 2.24. The summed E-state index contributed by atoms with van der Waals surface area (Å²) < 4.78 is 40.3. The van der Waals surface area contributed by atoms with E-state index in [1.165, 1.54) is 4.90 Å². The number of nitrogens with zero attached hydrogens (tertiary/aromatic N) is 5. The van der Waals surface area contributed by atoms with Crippen molar-refractivity contribution in [2.75, 3.05) is 41.7 Å². The Morgan fingerprint density at radius 3 is 2.47 bits per heavy atom. The molecule has 0 aliphatic carbocycles. The second kappa shape index (κ2) is 9.08. The van der Waals surface area contributed by atoms with Crippen molar-refractivity contribution in [3.8, 4) is 0 Å². The van der Waals surface area contributed by atoms with Gasteiger partial charge >= 0.3 is 6.03 Å². The molecular weight excluding hydrogens is 423 g/mol. The number of carbonyl (C=O) groups is 1. The molecule has 0 radical (unpaired) electrons. The van der Waals surface area contributed by atoms with Crippen LogP contribution in [0.3, 0.4) is 0 Å². The first-order valence-corrected chi connectivity index (χ1v) is 9.89. The van der Waals surface area contributed by atoms with E-state index in [0.717, 1.165) is 12.1 Å². The molecule has 0 bridgehead atoms. The van der Waals surface area contributed by atoms with E-state index in [1.54, 1.807) is 19.2 Å². The maximum absolute atomic E-state index is 13.8. The Balaban J connectivity index is 1.39. The molecule has 0 atom stereocenters. The summed E-state index contributed by atoms with van der Waals surface area (Å²) in [6.45, 7) is 3.42. The van der Waals surface area contributed by atoms with Gasteiger partial charge in [0.1, 0.15) is 23.3 Å². The van der Waals surface area contributed by atoms with Crippen LogP contribution < -0.4 is 15.5 Å². The predicted octanol–water partition coefficient (Wildman–Crippen LogP) is 3.70. The molecule has 1 saturated heterocycles. The SMILES string of the molecule is Cc1nc(Nc2ccccn2)cc(N2CCN(C(=O)Nc3ccc(F)c(F)c3F)CC2)n1. The molecule has 1 fully saturated rings. The van der Waals surface area contributed by atoms with Crippen molar-refractivity contribution in [2.24, 2.45) is 0 Å². The van der Waals surface area contributed by atoms with Gasteiger partial charge in [0.25, 0.3) is 0 Å². The first-order chi connectivity index (χ1) is 15.4. The summed E-state index contributed by atoms with van der Waals surface area (Å²) in [4.78, 5) is 29.0. The maximum Gasteiger partial charge on any atom is 0.322 e. The van der Waals surface area contributed by atoms with Crippen LogP contribution in [0.1, 0.15) is 5.82 Å². The molecule has 3 heterocycles. The summed E-state index contributed by atoms with van der Waals surface area (Å²) in [5, 5.41) is 5.43. The lowest BCUT2D eigenvalue weighted by Crippen LogP contribution is -2.50. The van der Waals surface area contributed by atoms with Crippen LogP contribution in [0.5, 0.6) is 0 Å². The molecular formula is C21H20F3N7O. The molecule has 0 saturated carbocycles. The number of aromatic nitrogens is 3. The number of nitrogens with one attached hydrogen (secondary N) is 2. The van der Waals surface area contributed by atoms with Crippen LogP contribution in [0.25, 0.3) is 0 Å². The normalized spacial score (nSPS) is 13.8. The van der Waals surface area contributed by atoms with E-state index in [9.17, 15) is 18.0 Å². The summed E-state index contributed by atoms with van der Waals surface area (Å²) in [7, 11) is 0. The van der Waals surface area contributed by atoms with E-state index in [4.69, 9.17) is 0 Å². The molecule has 0 unspecified atom stereocenters. The molecule has 32 heavy (non-hydrogen) atoms. The molecule has 8 nitrogen and oxygen atoms in total. The summed E-state index contributed by atoms with van der Waals surface area (Å²) in [6, 6.07) is 8.46. The molecule has 0 spiro atoms. The highest BCUT2D eigenvalue weighted by atomic mass is 19.2. The molecule has 166 valence electrons. The number of aryl methyl sites for hydroxylation is 1. The van der Waals surface area contributed by atoms with Crippen molar-refractivity contribution in [3.63, 3.8) is 0 Å². The summed E-state index contributed by atoms with van der Waals surface area (Å²) in [5.74, 6) is -1.84. The quantitative estimate of drug-likeness (QED) is 0.598. The number of benzene rings is 1. The van der Waals surface area contributed by atoms with Gasteiger partial charge < -0.3 is 20.4 Å². The average molecular weight is 443 g/mol. The van der Waals surface area contributed by atoms with E-state index in [0.29, 0.717) is 49.5 Å². The van der Waals surface area contributed by atoms with Crippen LogP contribution in [0.2, 0.25) is 0 Å². The fourth-order valence-corrected chi connectivity index (χ4v) is 3.30. The van der Waals surface area contributed by atoms with Gasteiger partial charge in [-0.05, 0) is 31.2 Å². The van der Waals surface area contributed by atoms with Crippen molar-refractivity contribution in [1.29, 1.82) is 0 Å². The van der Waals surface area contributed by atoms with Gasteiger partial charge in [-0.25, -0.2) is 32.9 Å². The zero-order valence-corrected chi connectivity index (χ0v) is 17.1. The Morgan fingerprint density at radius 2 is 1.75 bits per heavy atom. The molecule has 11 heteroatoms. The Labute approximate surface area is 182 Å². The van der Waals surface area contributed by atoms with Crippen molar-refractivity contribution in [2.45, 2.75) is 6.92 Å². The number of carbonyl (C=O) groups excluding carboxylic acids is 1. The van der Waals surface area contributed by atoms with E-state index in [1.807, 2.05) is 23.1 Å². The van der Waals surface area contributed by atoms with Gasteiger partial charge in [-0.1, -0.05) is 6.07 Å². The number of halogens is 3. The lowest BCUT2D eigenvalue weighted by molar-refractivity contribution is 0.208. The van der Waals surface area contributed by atoms with E-state index in [-0.39, 0.29) is 0 Å². The first-order valence-electron chi connectivity index (χ1n) is 9.89. The van der Waals surface area contributed by atoms with Gasteiger partial charge in [0.15, 0.2) is 17.5 Å². The molecule has 3 aromatic rings. The monoisotopic (exact) mass is 443 g/mol. The predicted molar refractivity (Wildman–Crippen MR) is 113 cm³/mol. The first kappa shape index (κ1) is 21.3. The Kier molecular flexibility index (Phi) is 6.06. The number of hydrogen-bond donors (Lipinski definition) is 2. The fourth-order valence-electron chi connectivity index (χ4n) is 3.30. The smallest absolute Gasteiger partial charge is 0.322 e. The van der Waals surface area contributed by atoms with E-state index < -0.39 is 29.2 Å². The topological polar surface area (TPSA) is 86.3 Å². The third-order valence-corrected chi connectivity index (χ3v) is 4.91. The minimum atomic E-state index is -1.62. The third-order valence-electron chi connectivity index (χ3n) is 4.91. The number of urea groups is 1. The van der Waals surface area contributed by atoms with Crippen LogP contribution in [0.15, 0.2) is 42.6 Å². The van der Waals surface area contributed by atoms with Gasteiger partial charge in [0, 0.05) is 38.4 Å². The standard InChI is InChI=1S/C21H20F3N7O/c1-13-26-17(29-16-4-2-3-7-25-16)12-18(27-13)30-8-10-31(11-9-30)21(32)28-15-6-5-14(22)19(23)20(15)24/h2-7,12H,8-11H2,1H3,(H,28,32)(H,25,26,27,29). The van der Waals surface area contributed by atoms with Gasteiger partial charge in [-0.15, -0.1) is 0 Å². The number of amides is 2. The lowest BCUT2D eigenvalue weighted by atomic mass is 10.2. The van der Waals surface area contributed by atoms with Crippen molar-refractivity contribution >= 4 is 29.2 Å². The van der Waals surface area contributed by atoms with Gasteiger partial charge in [-0.2, -0.15) is 0 Å². The van der Waals surface area contributed by atoms with Crippen LogP contribution >= 0.6 is 0 Å². The van der Waals surface area contributed by atoms with Crippen LogP contribution in [-0.2, 0) is 0 Å². The number of anilines is 4. The summed E-state index contributed by atoms with van der Waals surface area (Å²) >= 11 is 0. The number of pyridine rings is 1. The minimum absolute atomic E-state index is 0.336. The van der Waals surface area contributed by atoms with Crippen molar-refractivity contribution in [1.82, 2.24) is 19.9 Å². The average Bonchev–Trinajstić information content (AvgIpc) is 2.80. The van der Waals surface area contributed by atoms with Crippen LogP contribution in [0.4, 0.5) is 41.1 Å². The van der Waals surface area contributed by atoms with Crippen LogP contribution in [0, 0.1) is 24.4 Å². The van der Waals surface area contributed by atoms with Crippen molar-refractivity contribution < 1.29 is 18.0 Å². The molecule has 1 aliphatic heterocycles. The molecule has 1 aromatic carbocycles. The molecule has 4 rings (SSSR count). The Bertz CT molecular complexity index is 1120. The minimum Gasteiger partial charge on any atom is -0.353 e. The van der Waals surface area contributed by atoms with Gasteiger partial charge in [0.05, 0.1) is 5.69 Å². The fraction of sp³-hybridized carbons (Fsp3) is 0.238. The zero-order valence-electron chi connectivity index (χ0n) is 17.1. The van der Waals surface area contributed by atoms with Gasteiger partial charge in [0.2, 0.25) is 0 Å². The second-order valence-electron chi connectivity index (χ2n) is 7.13. The molecule has 2 N–H and O–H groups in total. The Hall–Kier alpha value is -3.89. The number of piperazine rings is 1. The molecule has 2 aromatic heterocycles. The zero-order chi connectivity index (χ0) is 22.7. The summed E-state index contributed by atoms with van der Waals surface area (Å²) in [5.41, 5.74) is -0.409. The highest BCUT2D eigenvalue weighted by Crippen LogP contribution is 2.22. The highest BCUT2D eigenvalue weighted by molar-refractivity contribution is 5.89. The second-order valence-corrected chi connectivity index (χ2v) is 7.13.